The van der Waals surface area contributed by atoms with Gasteiger partial charge in [-0.25, -0.2) is 17.4 Å². The van der Waals surface area contributed by atoms with Gasteiger partial charge in [0.05, 0.1) is 17.1 Å². The molecule has 0 radical (unpaired) electrons. The number of benzene rings is 3. The highest BCUT2D eigenvalue weighted by atomic mass is 32.2. The minimum absolute atomic E-state index is 0.0116. The summed E-state index contributed by atoms with van der Waals surface area (Å²) in [6.07, 6.45) is 7.21. The first kappa shape index (κ1) is 28.1. The second kappa shape index (κ2) is 11.4. The van der Waals surface area contributed by atoms with Crippen LogP contribution >= 0.6 is 0 Å². The molecule has 44 heavy (non-hydrogen) atoms. The largest absolute Gasteiger partial charge is 0.369 e. The van der Waals surface area contributed by atoms with Crippen LogP contribution in [-0.2, 0) is 10.0 Å². The van der Waals surface area contributed by atoms with E-state index in [0.717, 1.165) is 64.9 Å². The third-order valence-electron chi connectivity index (χ3n) is 8.46. The van der Waals surface area contributed by atoms with E-state index in [0.29, 0.717) is 5.65 Å². The predicted molar refractivity (Wildman–Crippen MR) is 175 cm³/mol. The summed E-state index contributed by atoms with van der Waals surface area (Å²) in [6.45, 7) is 7.96. The van der Waals surface area contributed by atoms with Crippen molar-refractivity contribution >= 4 is 26.7 Å². The molecule has 1 aliphatic heterocycles. The van der Waals surface area contributed by atoms with Crippen molar-refractivity contribution in [1.29, 1.82) is 0 Å². The smallest absolute Gasteiger partial charge is 0.269 e. The van der Waals surface area contributed by atoms with Gasteiger partial charge in [-0.1, -0.05) is 60.2 Å². The molecule has 1 saturated heterocycles. The Bertz CT molecular complexity index is 2030. The topological polar surface area (TPSA) is 85.0 Å². The quantitative estimate of drug-likeness (QED) is 0.237. The molecule has 0 amide bonds. The van der Waals surface area contributed by atoms with Gasteiger partial charge < -0.3 is 10.2 Å². The third kappa shape index (κ3) is 5.18. The van der Waals surface area contributed by atoms with Crippen molar-refractivity contribution in [1.82, 2.24) is 24.1 Å². The Morgan fingerprint density at radius 1 is 0.818 bits per heavy atom. The molecule has 7 rings (SSSR count). The number of aromatic nitrogens is 4. The van der Waals surface area contributed by atoms with Crippen LogP contribution in [0.25, 0.3) is 33.3 Å². The zero-order valence-corrected chi connectivity index (χ0v) is 25.6. The molecule has 8 nitrogen and oxygen atoms in total. The van der Waals surface area contributed by atoms with Crippen LogP contribution in [0, 0.1) is 6.92 Å². The first-order valence-corrected chi connectivity index (χ1v) is 16.3. The predicted octanol–water partition coefficient (Wildman–Crippen LogP) is 6.13. The minimum Gasteiger partial charge on any atom is -0.369 e. The van der Waals surface area contributed by atoms with Gasteiger partial charge in [0.1, 0.15) is 0 Å². The lowest BCUT2D eigenvalue weighted by atomic mass is 10.0. The van der Waals surface area contributed by atoms with Crippen LogP contribution < -0.4 is 10.2 Å². The summed E-state index contributed by atoms with van der Waals surface area (Å²) in [4.78, 5) is 7.35. The van der Waals surface area contributed by atoms with Gasteiger partial charge in [0, 0.05) is 72.5 Å². The van der Waals surface area contributed by atoms with Crippen molar-refractivity contribution in [2.24, 2.45) is 0 Å². The second-order valence-electron chi connectivity index (χ2n) is 11.3. The zero-order valence-electron chi connectivity index (χ0n) is 24.8. The first-order chi connectivity index (χ1) is 21.4. The highest BCUT2D eigenvalue weighted by Gasteiger charge is 2.24. The van der Waals surface area contributed by atoms with Crippen molar-refractivity contribution in [2.45, 2.75) is 24.8 Å². The van der Waals surface area contributed by atoms with Gasteiger partial charge in [0.2, 0.25) is 0 Å². The fourth-order valence-corrected chi connectivity index (χ4v) is 7.16. The molecule has 3 aromatic heterocycles. The molecule has 222 valence electrons. The van der Waals surface area contributed by atoms with Gasteiger partial charge in [-0.05, 0) is 55.3 Å². The Hall–Kier alpha value is -4.73. The Labute approximate surface area is 257 Å². The number of piperazine rings is 1. The number of anilines is 1. The van der Waals surface area contributed by atoms with Gasteiger partial charge in [0.25, 0.3) is 10.0 Å². The number of rotatable bonds is 7. The number of fused-ring (bicyclic) bond motifs is 1. The zero-order chi connectivity index (χ0) is 30.3. The highest BCUT2D eigenvalue weighted by molar-refractivity contribution is 7.90. The van der Waals surface area contributed by atoms with E-state index >= 15 is 0 Å². The van der Waals surface area contributed by atoms with E-state index < -0.39 is 10.0 Å². The number of nitrogens with one attached hydrogen (secondary N) is 1. The molecule has 4 heterocycles. The van der Waals surface area contributed by atoms with Crippen molar-refractivity contribution in [3.05, 3.63) is 121 Å². The van der Waals surface area contributed by atoms with E-state index in [4.69, 9.17) is 4.98 Å². The van der Waals surface area contributed by atoms with Gasteiger partial charge in [-0.2, -0.15) is 5.10 Å². The maximum atomic E-state index is 13.9. The van der Waals surface area contributed by atoms with E-state index in [1.807, 2.05) is 54.2 Å². The third-order valence-corrected chi connectivity index (χ3v) is 10.1. The molecule has 3 aromatic carbocycles. The number of pyridine rings is 1. The highest BCUT2D eigenvalue weighted by Crippen LogP contribution is 2.35. The van der Waals surface area contributed by atoms with Crippen LogP contribution in [0.2, 0.25) is 0 Å². The Morgan fingerprint density at radius 2 is 1.55 bits per heavy atom. The molecular weight excluding hydrogens is 568 g/mol. The van der Waals surface area contributed by atoms with E-state index in [1.54, 1.807) is 30.7 Å². The fourth-order valence-electron chi connectivity index (χ4n) is 5.84. The van der Waals surface area contributed by atoms with Crippen molar-refractivity contribution in [2.75, 3.05) is 31.1 Å². The second-order valence-corrected chi connectivity index (χ2v) is 13.1. The molecule has 0 aliphatic carbocycles. The lowest BCUT2D eigenvalue weighted by molar-refractivity contribution is 0.565. The summed E-state index contributed by atoms with van der Waals surface area (Å²) >= 11 is 0. The molecule has 1 fully saturated rings. The van der Waals surface area contributed by atoms with Crippen LogP contribution in [0.5, 0.6) is 0 Å². The summed E-state index contributed by atoms with van der Waals surface area (Å²) in [5.74, 6) is 0. The summed E-state index contributed by atoms with van der Waals surface area (Å²) in [6, 6.07) is 27.7. The van der Waals surface area contributed by atoms with Gasteiger partial charge in [0.15, 0.2) is 5.65 Å². The molecule has 0 saturated carbocycles. The van der Waals surface area contributed by atoms with Crippen LogP contribution in [0.4, 0.5) is 5.69 Å². The van der Waals surface area contributed by atoms with E-state index in [-0.39, 0.29) is 10.9 Å². The maximum Gasteiger partial charge on any atom is 0.269 e. The molecule has 1 N–H and O–H groups in total. The maximum absolute atomic E-state index is 13.9. The fraction of sp³-hybridized carbons (Fsp3) is 0.200. The molecule has 1 aliphatic rings. The molecule has 0 spiro atoms. The van der Waals surface area contributed by atoms with Crippen LogP contribution in [0.1, 0.15) is 24.1 Å². The first-order valence-electron chi connectivity index (χ1n) is 14.9. The molecule has 0 bridgehead atoms. The number of hydrogen-bond donors (Lipinski definition) is 1. The SMILES string of the molecule is Cc1ccc(S(=O)(=O)n2cc(-c3cnn(C(C)c4ccccc4)c3)c3cc(-c4ccc(N5CCNCC5)cc4)cnc32)cc1. The van der Waals surface area contributed by atoms with Gasteiger partial charge in [-0.15, -0.1) is 0 Å². The lowest BCUT2D eigenvalue weighted by Crippen LogP contribution is -2.43. The minimum atomic E-state index is -3.90. The monoisotopic (exact) mass is 602 g/mol. The van der Waals surface area contributed by atoms with Crippen molar-refractivity contribution in [3.63, 3.8) is 0 Å². The van der Waals surface area contributed by atoms with Crippen LogP contribution in [0.15, 0.2) is 115 Å². The summed E-state index contributed by atoms with van der Waals surface area (Å²) in [5.41, 5.74) is 7.23. The Morgan fingerprint density at radius 3 is 2.27 bits per heavy atom. The van der Waals surface area contributed by atoms with E-state index in [2.05, 4.69) is 58.6 Å². The molecule has 1 unspecified atom stereocenters. The van der Waals surface area contributed by atoms with Crippen LogP contribution in [0.3, 0.4) is 0 Å². The Kier molecular flexibility index (Phi) is 7.27. The van der Waals surface area contributed by atoms with E-state index in [9.17, 15) is 8.42 Å². The number of hydrogen-bond acceptors (Lipinski definition) is 6. The lowest BCUT2D eigenvalue weighted by Gasteiger charge is -2.29. The molecular formula is C35H34N6O2S. The van der Waals surface area contributed by atoms with Gasteiger partial charge in [-0.3, -0.25) is 4.68 Å². The Balaban J connectivity index is 1.33. The average Bonchev–Trinajstić information content (AvgIpc) is 3.71. The summed E-state index contributed by atoms with van der Waals surface area (Å²) in [5, 5.41) is 8.82. The number of aryl methyl sites for hydroxylation is 1. The van der Waals surface area contributed by atoms with Crippen molar-refractivity contribution in [3.8, 4) is 22.3 Å². The molecule has 9 heteroatoms. The van der Waals surface area contributed by atoms with Crippen molar-refractivity contribution < 1.29 is 8.42 Å². The standard InChI is InChI=1S/C35H34N6O2S/c1-25-8-14-32(15-9-25)44(42,43)41-24-34(30-22-38-40(23-30)26(2)27-6-4-3-5-7-27)33-20-29(21-37-35(33)41)28-10-12-31(13-11-28)39-18-16-36-17-19-39/h3-15,20-24,26,36H,16-19H2,1-2H3. The average molecular weight is 603 g/mol. The number of nitrogens with zero attached hydrogens (tertiary/aromatic N) is 5. The van der Waals surface area contributed by atoms with Crippen LogP contribution in [-0.4, -0.2) is 53.3 Å². The summed E-state index contributed by atoms with van der Waals surface area (Å²) < 4.78 is 31.1. The summed E-state index contributed by atoms with van der Waals surface area (Å²) in [7, 11) is -3.90. The molecule has 1 atom stereocenters. The van der Waals surface area contributed by atoms with E-state index in [1.165, 1.54) is 9.66 Å². The normalized spacial score (nSPS) is 14.6. The molecule has 6 aromatic rings. The van der Waals surface area contributed by atoms with Gasteiger partial charge >= 0.3 is 0 Å².